The van der Waals surface area contributed by atoms with Crippen molar-refractivity contribution in [1.82, 2.24) is 0 Å². The molecule has 0 spiro atoms. The van der Waals surface area contributed by atoms with E-state index in [0.29, 0.717) is 44.5 Å². The summed E-state index contributed by atoms with van der Waals surface area (Å²) < 4.78 is 15.9. The standard InChI is InChI=1S/C20H23ClN2O4S2/c1-4-27-19(24)17-11-7-5-6-8-16(11)29-18(17)23-20(28)22-13-10-14(25-2)12(21)9-15(13)26-3/h9-10H,4-8H2,1-3H3,(H2,22,23,28). The number of ether oxygens (including phenoxy) is 3. The van der Waals surface area contributed by atoms with Gasteiger partial charge in [0.1, 0.15) is 16.5 Å². The van der Waals surface area contributed by atoms with Gasteiger partial charge in [0.05, 0.1) is 37.1 Å². The van der Waals surface area contributed by atoms with Gasteiger partial charge in [0.25, 0.3) is 0 Å². The number of esters is 1. The zero-order valence-electron chi connectivity index (χ0n) is 16.5. The van der Waals surface area contributed by atoms with Gasteiger partial charge in [0, 0.05) is 17.0 Å². The maximum atomic E-state index is 12.6. The van der Waals surface area contributed by atoms with Gasteiger partial charge >= 0.3 is 5.97 Å². The van der Waals surface area contributed by atoms with Crippen LogP contribution in [0.25, 0.3) is 0 Å². The number of carbonyl (C=O) groups is 1. The van der Waals surface area contributed by atoms with Crippen molar-refractivity contribution in [2.45, 2.75) is 32.6 Å². The Morgan fingerprint density at radius 3 is 2.59 bits per heavy atom. The van der Waals surface area contributed by atoms with Gasteiger partial charge in [-0.1, -0.05) is 11.6 Å². The normalized spacial score (nSPS) is 12.7. The summed E-state index contributed by atoms with van der Waals surface area (Å²) in [6, 6.07) is 3.36. The van der Waals surface area contributed by atoms with Crippen LogP contribution in [0.4, 0.5) is 10.7 Å². The molecule has 0 fully saturated rings. The first-order valence-electron chi connectivity index (χ1n) is 9.29. The van der Waals surface area contributed by atoms with Crippen LogP contribution in [0.1, 0.15) is 40.6 Å². The number of hydrogen-bond acceptors (Lipinski definition) is 6. The van der Waals surface area contributed by atoms with Crippen molar-refractivity contribution in [2.24, 2.45) is 0 Å². The van der Waals surface area contributed by atoms with Crippen LogP contribution in [0, 0.1) is 0 Å². The van der Waals surface area contributed by atoms with Crippen molar-refractivity contribution >= 4 is 56.9 Å². The molecule has 6 nitrogen and oxygen atoms in total. The number of rotatable bonds is 6. The Morgan fingerprint density at radius 2 is 1.90 bits per heavy atom. The van der Waals surface area contributed by atoms with Crippen molar-refractivity contribution in [3.8, 4) is 11.5 Å². The highest BCUT2D eigenvalue weighted by atomic mass is 35.5. The number of hydrogen-bond donors (Lipinski definition) is 2. The second kappa shape index (κ2) is 9.65. The van der Waals surface area contributed by atoms with Crippen LogP contribution in [0.3, 0.4) is 0 Å². The number of carbonyl (C=O) groups excluding carboxylic acids is 1. The van der Waals surface area contributed by atoms with Crippen molar-refractivity contribution in [3.63, 3.8) is 0 Å². The molecule has 0 bridgehead atoms. The van der Waals surface area contributed by atoms with Crippen LogP contribution in [0.2, 0.25) is 5.02 Å². The number of aryl methyl sites for hydroxylation is 1. The number of nitrogens with one attached hydrogen (secondary N) is 2. The van der Waals surface area contributed by atoms with Crippen LogP contribution in [-0.4, -0.2) is 31.9 Å². The van der Waals surface area contributed by atoms with E-state index in [9.17, 15) is 4.79 Å². The first kappa shape index (κ1) is 21.7. The molecule has 1 aromatic carbocycles. The van der Waals surface area contributed by atoms with E-state index in [1.165, 1.54) is 12.0 Å². The quantitative estimate of drug-likeness (QED) is 0.454. The topological polar surface area (TPSA) is 68.8 Å². The Balaban J connectivity index is 1.86. The summed E-state index contributed by atoms with van der Waals surface area (Å²) in [5.41, 5.74) is 2.28. The molecule has 0 saturated carbocycles. The molecule has 0 saturated heterocycles. The predicted octanol–water partition coefficient (Wildman–Crippen LogP) is 5.28. The van der Waals surface area contributed by atoms with E-state index >= 15 is 0 Å². The summed E-state index contributed by atoms with van der Waals surface area (Å²) in [6.07, 6.45) is 4.04. The fraction of sp³-hybridized carbons (Fsp3) is 0.400. The minimum Gasteiger partial charge on any atom is -0.495 e. The minimum atomic E-state index is -0.317. The molecule has 0 aliphatic heterocycles. The largest absolute Gasteiger partial charge is 0.495 e. The molecule has 3 rings (SSSR count). The predicted molar refractivity (Wildman–Crippen MR) is 121 cm³/mol. The molecule has 1 aliphatic carbocycles. The molecule has 9 heteroatoms. The zero-order chi connectivity index (χ0) is 21.0. The fourth-order valence-electron chi connectivity index (χ4n) is 3.29. The third-order valence-corrected chi connectivity index (χ3v) is 6.31. The summed E-state index contributed by atoms with van der Waals surface area (Å²) in [5, 5.41) is 7.74. The third-order valence-electron chi connectivity index (χ3n) is 4.60. The van der Waals surface area contributed by atoms with Gasteiger partial charge in [-0.2, -0.15) is 0 Å². The summed E-state index contributed by atoms with van der Waals surface area (Å²) in [5.74, 6) is 0.704. The van der Waals surface area contributed by atoms with E-state index < -0.39 is 0 Å². The van der Waals surface area contributed by atoms with Crippen molar-refractivity contribution in [1.29, 1.82) is 0 Å². The molecule has 0 atom stereocenters. The van der Waals surface area contributed by atoms with Crippen LogP contribution in [-0.2, 0) is 17.6 Å². The highest BCUT2D eigenvalue weighted by molar-refractivity contribution is 7.80. The number of thiophene rings is 1. The summed E-state index contributed by atoms with van der Waals surface area (Å²) in [7, 11) is 3.09. The lowest BCUT2D eigenvalue weighted by Gasteiger charge is -2.15. The number of halogens is 1. The maximum absolute atomic E-state index is 12.6. The van der Waals surface area contributed by atoms with E-state index in [-0.39, 0.29) is 5.97 Å². The molecule has 156 valence electrons. The van der Waals surface area contributed by atoms with Crippen molar-refractivity contribution in [2.75, 3.05) is 31.5 Å². The average Bonchev–Trinajstić information content (AvgIpc) is 3.06. The van der Waals surface area contributed by atoms with Crippen molar-refractivity contribution < 1.29 is 19.0 Å². The second-order valence-corrected chi connectivity index (χ2v) is 8.32. The first-order chi connectivity index (χ1) is 14.0. The van der Waals surface area contributed by atoms with Crippen LogP contribution >= 0.6 is 35.2 Å². The monoisotopic (exact) mass is 454 g/mol. The molecule has 0 unspecified atom stereocenters. The molecule has 29 heavy (non-hydrogen) atoms. The molecule has 0 radical (unpaired) electrons. The third kappa shape index (κ3) is 4.76. The number of fused-ring (bicyclic) bond motifs is 1. The van der Waals surface area contributed by atoms with E-state index in [4.69, 9.17) is 38.0 Å². The fourth-order valence-corrected chi connectivity index (χ4v) is 5.08. The number of anilines is 2. The molecule has 1 aliphatic rings. The molecule has 1 heterocycles. The summed E-state index contributed by atoms with van der Waals surface area (Å²) in [4.78, 5) is 13.8. The van der Waals surface area contributed by atoms with E-state index in [2.05, 4.69) is 10.6 Å². The first-order valence-corrected chi connectivity index (χ1v) is 10.9. The van der Waals surface area contributed by atoms with Gasteiger partial charge in [0.2, 0.25) is 0 Å². The Bertz CT molecular complexity index is 930. The van der Waals surface area contributed by atoms with Crippen molar-refractivity contribution in [3.05, 3.63) is 33.2 Å². The second-order valence-electron chi connectivity index (χ2n) is 6.40. The Labute approximate surface area is 184 Å². The lowest BCUT2D eigenvalue weighted by Crippen LogP contribution is -2.21. The SMILES string of the molecule is CCOC(=O)c1c(NC(=S)Nc2cc(OC)c(Cl)cc2OC)sc2c1CCCC2. The smallest absolute Gasteiger partial charge is 0.341 e. The minimum absolute atomic E-state index is 0.317. The summed E-state index contributed by atoms with van der Waals surface area (Å²) >= 11 is 13.2. The van der Waals surface area contributed by atoms with E-state index in [0.717, 1.165) is 31.2 Å². The molecule has 0 amide bonds. The van der Waals surface area contributed by atoms with Crippen LogP contribution < -0.4 is 20.1 Å². The molecule has 2 N–H and O–H groups in total. The van der Waals surface area contributed by atoms with Gasteiger partial charge in [-0.25, -0.2) is 4.79 Å². The number of methoxy groups -OCH3 is 2. The lowest BCUT2D eigenvalue weighted by atomic mass is 9.95. The van der Waals surface area contributed by atoms with E-state index in [1.54, 1.807) is 37.5 Å². The highest BCUT2D eigenvalue weighted by Gasteiger charge is 2.27. The number of thiocarbonyl (C=S) groups is 1. The molecule has 2 aromatic rings. The van der Waals surface area contributed by atoms with Gasteiger partial charge < -0.3 is 24.8 Å². The Hall–Kier alpha value is -2.03. The highest BCUT2D eigenvalue weighted by Crippen LogP contribution is 2.39. The maximum Gasteiger partial charge on any atom is 0.341 e. The molecule has 1 aromatic heterocycles. The summed E-state index contributed by atoms with van der Waals surface area (Å²) in [6.45, 7) is 2.13. The average molecular weight is 455 g/mol. The number of benzene rings is 1. The zero-order valence-corrected chi connectivity index (χ0v) is 18.9. The van der Waals surface area contributed by atoms with Gasteiger partial charge in [0.15, 0.2) is 5.11 Å². The van der Waals surface area contributed by atoms with Gasteiger partial charge in [-0.15, -0.1) is 11.3 Å². The van der Waals surface area contributed by atoms with Crippen LogP contribution in [0.15, 0.2) is 12.1 Å². The van der Waals surface area contributed by atoms with Crippen LogP contribution in [0.5, 0.6) is 11.5 Å². The van der Waals surface area contributed by atoms with E-state index in [1.807, 2.05) is 0 Å². The Morgan fingerprint density at radius 1 is 1.17 bits per heavy atom. The van der Waals surface area contributed by atoms with Gasteiger partial charge in [-0.3, -0.25) is 0 Å². The van der Waals surface area contributed by atoms with Gasteiger partial charge in [-0.05, 0) is 50.4 Å². The Kier molecular flexibility index (Phi) is 7.21. The molecular weight excluding hydrogens is 432 g/mol. The molecular formula is C20H23ClN2O4S2. The lowest BCUT2D eigenvalue weighted by molar-refractivity contribution is 0.0526.